The fourth-order valence-corrected chi connectivity index (χ4v) is 3.69. The first kappa shape index (κ1) is 18.9. The van der Waals surface area contributed by atoms with Gasteiger partial charge in [0.1, 0.15) is 0 Å². The highest BCUT2D eigenvalue weighted by Crippen LogP contribution is 2.15. The van der Waals surface area contributed by atoms with Gasteiger partial charge in [0.05, 0.1) is 4.90 Å². The van der Waals surface area contributed by atoms with Gasteiger partial charge >= 0.3 is 0 Å². The average Bonchev–Trinajstić information content (AvgIpc) is 2.56. The van der Waals surface area contributed by atoms with E-state index in [1.807, 2.05) is 12.1 Å². The zero-order valence-corrected chi connectivity index (χ0v) is 15.0. The molecule has 2 N–H and O–H groups in total. The van der Waals surface area contributed by atoms with Crippen molar-refractivity contribution in [2.75, 3.05) is 13.2 Å². The molecule has 0 aliphatic heterocycles. The molecule has 0 saturated heterocycles. The molecule has 0 bridgehead atoms. The van der Waals surface area contributed by atoms with Crippen LogP contribution < -0.4 is 4.72 Å². The fraction of sp³-hybridized carbons (Fsp3) is 0.333. The number of aryl methyl sites for hydroxylation is 1. The normalized spacial score (nSPS) is 11.6. The molecule has 24 heavy (non-hydrogen) atoms. The first-order valence-electron chi connectivity index (χ1n) is 7.95. The van der Waals surface area contributed by atoms with Crippen LogP contribution in [-0.4, -0.2) is 26.7 Å². The number of rotatable bonds is 9. The quantitative estimate of drug-likeness (QED) is 0.669. The van der Waals surface area contributed by atoms with Gasteiger partial charge in [-0.2, -0.15) is 0 Å². The van der Waals surface area contributed by atoms with E-state index in [0.717, 1.165) is 24.8 Å². The lowest BCUT2D eigenvalue weighted by Gasteiger charge is -2.08. The largest absolute Gasteiger partial charge is 0.396 e. The average molecular weight is 368 g/mol. The van der Waals surface area contributed by atoms with Crippen molar-refractivity contribution in [3.05, 3.63) is 64.7 Å². The minimum Gasteiger partial charge on any atom is -0.396 e. The third-order valence-electron chi connectivity index (χ3n) is 3.71. The summed E-state index contributed by atoms with van der Waals surface area (Å²) in [5.74, 6) is 0. The van der Waals surface area contributed by atoms with Crippen LogP contribution in [0.1, 0.15) is 24.0 Å². The zero-order valence-electron chi connectivity index (χ0n) is 13.4. The maximum atomic E-state index is 12.2. The molecule has 0 aliphatic carbocycles. The van der Waals surface area contributed by atoms with Crippen molar-refractivity contribution >= 4 is 21.6 Å². The number of benzene rings is 2. The molecule has 4 nitrogen and oxygen atoms in total. The molecule has 0 saturated carbocycles. The maximum absolute atomic E-state index is 12.2. The van der Waals surface area contributed by atoms with Gasteiger partial charge in [0.15, 0.2) is 0 Å². The summed E-state index contributed by atoms with van der Waals surface area (Å²) in [5, 5.41) is 9.18. The Morgan fingerprint density at radius 2 is 1.62 bits per heavy atom. The summed E-state index contributed by atoms with van der Waals surface area (Å²) < 4.78 is 27.0. The van der Waals surface area contributed by atoms with Crippen molar-refractivity contribution in [3.8, 4) is 0 Å². The fourth-order valence-electron chi connectivity index (χ4n) is 2.36. The van der Waals surface area contributed by atoms with Gasteiger partial charge in [-0.1, -0.05) is 41.9 Å². The molecule has 0 aromatic heterocycles. The van der Waals surface area contributed by atoms with E-state index >= 15 is 0 Å². The summed E-state index contributed by atoms with van der Waals surface area (Å²) in [4.78, 5) is 0.175. The van der Waals surface area contributed by atoms with E-state index in [4.69, 9.17) is 16.7 Å². The van der Waals surface area contributed by atoms with Crippen molar-refractivity contribution in [2.24, 2.45) is 0 Å². The second-order valence-corrected chi connectivity index (χ2v) is 7.81. The predicted molar refractivity (Wildman–Crippen MR) is 96.8 cm³/mol. The Balaban J connectivity index is 1.85. The molecule has 2 rings (SSSR count). The SMILES string of the molecule is O=S(=O)(NCCc1ccc(CCCCO)cc1)c1cccc(Cl)c1. The van der Waals surface area contributed by atoms with Gasteiger partial charge in [0, 0.05) is 18.2 Å². The van der Waals surface area contributed by atoms with Crippen LogP contribution in [-0.2, 0) is 22.9 Å². The van der Waals surface area contributed by atoms with Crippen LogP contribution in [0.2, 0.25) is 5.02 Å². The van der Waals surface area contributed by atoms with Gasteiger partial charge in [-0.3, -0.25) is 0 Å². The molecule has 130 valence electrons. The van der Waals surface area contributed by atoms with Crippen LogP contribution in [0.5, 0.6) is 0 Å². The van der Waals surface area contributed by atoms with E-state index in [1.165, 1.54) is 17.7 Å². The molecule has 0 heterocycles. The zero-order chi connectivity index (χ0) is 17.4. The molecule has 6 heteroatoms. The highest BCUT2D eigenvalue weighted by atomic mass is 35.5. The number of aliphatic hydroxyl groups is 1. The lowest BCUT2D eigenvalue weighted by molar-refractivity contribution is 0.284. The van der Waals surface area contributed by atoms with Crippen LogP contribution in [0, 0.1) is 0 Å². The minimum absolute atomic E-state index is 0.175. The molecular weight excluding hydrogens is 346 g/mol. The van der Waals surface area contributed by atoms with Crippen molar-refractivity contribution in [3.63, 3.8) is 0 Å². The van der Waals surface area contributed by atoms with Crippen molar-refractivity contribution in [1.82, 2.24) is 4.72 Å². The van der Waals surface area contributed by atoms with Gasteiger partial charge < -0.3 is 5.11 Å². The van der Waals surface area contributed by atoms with Crippen LogP contribution in [0.25, 0.3) is 0 Å². The Labute approximate surface area is 148 Å². The Hall–Kier alpha value is -1.40. The topological polar surface area (TPSA) is 66.4 Å². The molecule has 0 spiro atoms. The van der Waals surface area contributed by atoms with E-state index in [1.54, 1.807) is 12.1 Å². The van der Waals surface area contributed by atoms with E-state index in [0.29, 0.717) is 18.0 Å². The third-order valence-corrected chi connectivity index (χ3v) is 5.40. The summed E-state index contributed by atoms with van der Waals surface area (Å²) in [5.41, 5.74) is 2.31. The molecule has 0 radical (unpaired) electrons. The highest BCUT2D eigenvalue weighted by Gasteiger charge is 2.13. The number of hydrogen-bond acceptors (Lipinski definition) is 3. The first-order valence-corrected chi connectivity index (χ1v) is 9.81. The smallest absolute Gasteiger partial charge is 0.240 e. The molecule has 0 atom stereocenters. The van der Waals surface area contributed by atoms with E-state index in [9.17, 15) is 8.42 Å². The van der Waals surface area contributed by atoms with Crippen molar-refractivity contribution in [2.45, 2.75) is 30.6 Å². The highest BCUT2D eigenvalue weighted by molar-refractivity contribution is 7.89. The summed E-state index contributed by atoms with van der Waals surface area (Å²) >= 11 is 5.83. The lowest BCUT2D eigenvalue weighted by Crippen LogP contribution is -2.26. The third kappa shape index (κ3) is 5.91. The standard InChI is InChI=1S/C18H22ClNO3S/c19-17-5-3-6-18(14-17)24(22,23)20-12-11-16-9-7-15(8-10-16)4-1-2-13-21/h3,5-10,14,20-21H,1-2,4,11-13H2. The van der Waals surface area contributed by atoms with Gasteiger partial charge in [0.2, 0.25) is 10.0 Å². The molecule has 0 aliphatic rings. The van der Waals surface area contributed by atoms with E-state index in [-0.39, 0.29) is 11.5 Å². The first-order chi connectivity index (χ1) is 11.5. The summed E-state index contributed by atoms with van der Waals surface area (Å²) in [6.45, 7) is 0.559. The molecule has 0 fully saturated rings. The molecule has 0 amide bonds. The van der Waals surface area contributed by atoms with Crippen LogP contribution in [0.3, 0.4) is 0 Å². The Kier molecular flexibility index (Phi) is 7.24. The summed E-state index contributed by atoms with van der Waals surface area (Å²) in [7, 11) is -3.53. The molecule has 2 aromatic carbocycles. The number of halogens is 1. The Morgan fingerprint density at radius 1 is 0.958 bits per heavy atom. The van der Waals surface area contributed by atoms with Crippen LogP contribution in [0.15, 0.2) is 53.4 Å². The Morgan fingerprint density at radius 3 is 2.25 bits per heavy atom. The van der Waals surface area contributed by atoms with Crippen molar-refractivity contribution < 1.29 is 13.5 Å². The Bertz CT molecular complexity index is 745. The number of unbranched alkanes of at least 4 members (excludes halogenated alkanes) is 1. The van der Waals surface area contributed by atoms with Gasteiger partial charge in [0.25, 0.3) is 0 Å². The molecule has 0 unspecified atom stereocenters. The minimum atomic E-state index is -3.53. The lowest BCUT2D eigenvalue weighted by atomic mass is 10.0. The number of sulfonamides is 1. The van der Waals surface area contributed by atoms with Gasteiger partial charge in [-0.05, 0) is 55.0 Å². The molecule has 2 aromatic rings. The second kappa shape index (κ2) is 9.18. The van der Waals surface area contributed by atoms with Gasteiger partial charge in [-0.25, -0.2) is 13.1 Å². The number of hydrogen-bond donors (Lipinski definition) is 2. The maximum Gasteiger partial charge on any atom is 0.240 e. The van der Waals surface area contributed by atoms with Crippen molar-refractivity contribution in [1.29, 1.82) is 0 Å². The predicted octanol–water partition coefficient (Wildman–Crippen LogP) is 3.18. The van der Waals surface area contributed by atoms with E-state index < -0.39 is 10.0 Å². The summed E-state index contributed by atoms with van der Waals surface area (Å²) in [6.07, 6.45) is 3.35. The number of nitrogens with one attached hydrogen (secondary N) is 1. The van der Waals surface area contributed by atoms with Crippen LogP contribution in [0.4, 0.5) is 0 Å². The number of aliphatic hydroxyl groups excluding tert-OH is 1. The summed E-state index contributed by atoms with van der Waals surface area (Å²) in [6, 6.07) is 14.4. The van der Waals surface area contributed by atoms with Gasteiger partial charge in [-0.15, -0.1) is 0 Å². The monoisotopic (exact) mass is 367 g/mol. The second-order valence-electron chi connectivity index (χ2n) is 5.60. The van der Waals surface area contributed by atoms with E-state index in [2.05, 4.69) is 16.9 Å². The van der Waals surface area contributed by atoms with Crippen LogP contribution >= 0.6 is 11.6 Å². The molecular formula is C18H22ClNO3S.